The van der Waals surface area contributed by atoms with Crippen LogP contribution in [0.5, 0.6) is 0 Å². The van der Waals surface area contributed by atoms with Crippen molar-refractivity contribution in [1.82, 2.24) is 9.88 Å². The number of pyridine rings is 1. The molecule has 1 aliphatic rings. The van der Waals surface area contributed by atoms with E-state index in [-0.39, 0.29) is 11.6 Å². The van der Waals surface area contributed by atoms with Gasteiger partial charge in [-0.1, -0.05) is 6.08 Å². The monoisotopic (exact) mass is 374 g/mol. The van der Waals surface area contributed by atoms with Crippen LogP contribution in [0.2, 0.25) is 0 Å². The Hall–Kier alpha value is -2.24. The lowest BCUT2D eigenvalue weighted by Crippen LogP contribution is -2.47. The van der Waals surface area contributed by atoms with Crippen LogP contribution in [-0.4, -0.2) is 53.3 Å². The highest BCUT2D eigenvalue weighted by atomic mass is 16.6. The van der Waals surface area contributed by atoms with Gasteiger partial charge < -0.3 is 19.9 Å². The normalized spacial score (nSPS) is 16.0. The number of anilines is 2. The van der Waals surface area contributed by atoms with Gasteiger partial charge in [-0.2, -0.15) is 0 Å². The van der Waals surface area contributed by atoms with Crippen LogP contribution in [0.15, 0.2) is 31.0 Å². The number of piperidine rings is 1. The lowest BCUT2D eigenvalue weighted by Gasteiger charge is -2.38. The molecular formula is C21H34N4O2. The fourth-order valence-electron chi connectivity index (χ4n) is 3.11. The van der Waals surface area contributed by atoms with Gasteiger partial charge in [-0.3, -0.25) is 0 Å². The number of carbonyl (C=O) groups excluding carboxylic acids is 1. The quantitative estimate of drug-likeness (QED) is 0.779. The van der Waals surface area contributed by atoms with Gasteiger partial charge >= 0.3 is 6.09 Å². The van der Waals surface area contributed by atoms with Crippen molar-refractivity contribution in [2.24, 2.45) is 0 Å². The summed E-state index contributed by atoms with van der Waals surface area (Å²) in [7, 11) is 2.07. The van der Waals surface area contributed by atoms with Gasteiger partial charge in [0.15, 0.2) is 5.82 Å². The summed E-state index contributed by atoms with van der Waals surface area (Å²) in [5.74, 6) is 0.920. The third-order valence-electron chi connectivity index (χ3n) is 4.75. The highest BCUT2D eigenvalue weighted by Gasteiger charge is 2.29. The van der Waals surface area contributed by atoms with Gasteiger partial charge in [-0.25, -0.2) is 9.78 Å². The van der Waals surface area contributed by atoms with Gasteiger partial charge in [0.2, 0.25) is 0 Å². The van der Waals surface area contributed by atoms with E-state index in [1.54, 1.807) is 4.90 Å². The number of ether oxygens (including phenoxy) is 1. The number of hydrogen-bond donors (Lipinski definition) is 1. The second-order valence-corrected chi connectivity index (χ2v) is 8.73. The lowest BCUT2D eigenvalue weighted by atomic mass is 10.0. The molecule has 0 bridgehead atoms. The predicted molar refractivity (Wildman–Crippen MR) is 111 cm³/mol. The Bertz CT molecular complexity index is 658. The number of rotatable bonds is 5. The van der Waals surface area contributed by atoms with Crippen molar-refractivity contribution in [3.63, 3.8) is 0 Å². The SMILES string of the molecule is C=CC(C)(C)Nc1cccnc1N(C)C1CCN(C(=O)OC(C)(C)C)CC1. The summed E-state index contributed by atoms with van der Waals surface area (Å²) in [5.41, 5.74) is 0.301. The number of aromatic nitrogens is 1. The van der Waals surface area contributed by atoms with Crippen LogP contribution in [-0.2, 0) is 4.74 Å². The first kappa shape index (κ1) is 21.1. The maximum Gasteiger partial charge on any atom is 0.410 e. The van der Waals surface area contributed by atoms with E-state index < -0.39 is 5.60 Å². The van der Waals surface area contributed by atoms with Crippen LogP contribution in [0.4, 0.5) is 16.3 Å². The van der Waals surface area contributed by atoms with Gasteiger partial charge in [-0.05, 0) is 59.6 Å². The summed E-state index contributed by atoms with van der Waals surface area (Å²) < 4.78 is 5.49. The number of nitrogens with zero attached hydrogens (tertiary/aromatic N) is 3. The molecule has 0 spiro atoms. The fourth-order valence-corrected chi connectivity index (χ4v) is 3.11. The summed E-state index contributed by atoms with van der Waals surface area (Å²) in [4.78, 5) is 20.9. The Kier molecular flexibility index (Phi) is 6.39. The topological polar surface area (TPSA) is 57.7 Å². The van der Waals surface area contributed by atoms with Crippen LogP contribution < -0.4 is 10.2 Å². The molecule has 0 aromatic carbocycles. The first-order valence-corrected chi connectivity index (χ1v) is 9.60. The summed E-state index contributed by atoms with van der Waals surface area (Å²) in [6, 6.07) is 4.30. The second kappa shape index (κ2) is 8.19. The molecule has 2 heterocycles. The Labute approximate surface area is 163 Å². The van der Waals surface area contributed by atoms with Gasteiger partial charge in [-0.15, -0.1) is 6.58 Å². The lowest BCUT2D eigenvalue weighted by molar-refractivity contribution is 0.0205. The van der Waals surface area contributed by atoms with E-state index in [9.17, 15) is 4.79 Å². The zero-order valence-electron chi connectivity index (χ0n) is 17.6. The van der Waals surface area contributed by atoms with Gasteiger partial charge in [0, 0.05) is 37.9 Å². The molecular weight excluding hydrogens is 340 g/mol. The molecule has 6 heteroatoms. The highest BCUT2D eigenvalue weighted by Crippen LogP contribution is 2.29. The largest absolute Gasteiger partial charge is 0.444 e. The number of carbonyl (C=O) groups is 1. The Morgan fingerprint density at radius 2 is 1.96 bits per heavy atom. The molecule has 1 fully saturated rings. The molecule has 1 aliphatic heterocycles. The van der Waals surface area contributed by atoms with Gasteiger partial charge in [0.05, 0.1) is 5.69 Å². The van der Waals surface area contributed by atoms with E-state index in [2.05, 4.69) is 42.7 Å². The Morgan fingerprint density at radius 1 is 1.33 bits per heavy atom. The number of amides is 1. The maximum absolute atomic E-state index is 12.3. The Balaban J connectivity index is 2.03. The molecule has 1 aromatic rings. The molecule has 27 heavy (non-hydrogen) atoms. The summed E-state index contributed by atoms with van der Waals surface area (Å²) in [5, 5.41) is 3.50. The Morgan fingerprint density at radius 3 is 2.52 bits per heavy atom. The van der Waals surface area contributed by atoms with Crippen LogP contribution >= 0.6 is 0 Å². The van der Waals surface area contributed by atoms with Crippen LogP contribution in [0.25, 0.3) is 0 Å². The van der Waals surface area contributed by atoms with Gasteiger partial charge in [0.1, 0.15) is 5.60 Å². The van der Waals surface area contributed by atoms with Crippen molar-refractivity contribution in [2.75, 3.05) is 30.4 Å². The number of nitrogens with one attached hydrogen (secondary N) is 1. The van der Waals surface area contributed by atoms with Crippen molar-refractivity contribution in [3.05, 3.63) is 31.0 Å². The van der Waals surface area contributed by atoms with E-state index in [1.807, 2.05) is 45.2 Å². The minimum atomic E-state index is -0.461. The summed E-state index contributed by atoms with van der Waals surface area (Å²) >= 11 is 0. The molecule has 1 N–H and O–H groups in total. The van der Waals surface area contributed by atoms with Crippen molar-refractivity contribution in [3.8, 4) is 0 Å². The summed E-state index contributed by atoms with van der Waals surface area (Å²) in [6.45, 7) is 15.1. The predicted octanol–water partition coefficient (Wildman–Crippen LogP) is 4.29. The molecule has 2 rings (SSSR count). The first-order chi connectivity index (χ1) is 12.5. The van der Waals surface area contributed by atoms with Crippen molar-refractivity contribution >= 4 is 17.6 Å². The third-order valence-corrected chi connectivity index (χ3v) is 4.75. The minimum Gasteiger partial charge on any atom is -0.444 e. The first-order valence-electron chi connectivity index (χ1n) is 9.60. The standard InChI is InChI=1S/C21H34N4O2/c1-8-21(5,6)23-17-10-9-13-22-18(17)24(7)16-11-14-25(15-12-16)19(26)27-20(2,3)4/h8-10,13,16,23H,1,11-12,14-15H2,2-7H3. The van der Waals surface area contributed by atoms with Crippen molar-refractivity contribution in [2.45, 2.75) is 64.6 Å². The van der Waals surface area contributed by atoms with E-state index in [0.29, 0.717) is 19.1 Å². The molecule has 0 saturated carbocycles. The van der Waals surface area contributed by atoms with Crippen LogP contribution in [0, 0.1) is 0 Å². The van der Waals surface area contributed by atoms with Crippen LogP contribution in [0.3, 0.4) is 0 Å². The number of likely N-dealkylation sites (tertiary alicyclic amines) is 1. The molecule has 1 aromatic heterocycles. The fraction of sp³-hybridized carbons (Fsp3) is 0.619. The van der Waals surface area contributed by atoms with Gasteiger partial charge in [0.25, 0.3) is 0 Å². The van der Waals surface area contributed by atoms with E-state index in [0.717, 1.165) is 24.3 Å². The van der Waals surface area contributed by atoms with E-state index in [4.69, 9.17) is 4.74 Å². The molecule has 1 saturated heterocycles. The molecule has 0 atom stereocenters. The third kappa shape index (κ3) is 5.88. The van der Waals surface area contributed by atoms with Crippen LogP contribution in [0.1, 0.15) is 47.5 Å². The zero-order valence-corrected chi connectivity index (χ0v) is 17.6. The van der Waals surface area contributed by atoms with E-state index in [1.165, 1.54) is 0 Å². The maximum atomic E-state index is 12.3. The second-order valence-electron chi connectivity index (χ2n) is 8.73. The zero-order chi connectivity index (χ0) is 20.2. The smallest absolute Gasteiger partial charge is 0.410 e. The number of hydrogen-bond acceptors (Lipinski definition) is 5. The average molecular weight is 375 g/mol. The van der Waals surface area contributed by atoms with E-state index >= 15 is 0 Å². The average Bonchev–Trinajstić information content (AvgIpc) is 2.60. The molecule has 0 unspecified atom stereocenters. The summed E-state index contributed by atoms with van der Waals surface area (Å²) in [6.07, 6.45) is 5.25. The molecule has 0 aliphatic carbocycles. The molecule has 1 amide bonds. The molecule has 150 valence electrons. The molecule has 6 nitrogen and oxygen atoms in total. The highest BCUT2D eigenvalue weighted by molar-refractivity contribution is 5.69. The minimum absolute atomic E-state index is 0.224. The van der Waals surface area contributed by atoms with Crippen molar-refractivity contribution < 1.29 is 9.53 Å². The molecule has 0 radical (unpaired) electrons. The van der Waals surface area contributed by atoms with Crippen molar-refractivity contribution in [1.29, 1.82) is 0 Å².